The fourth-order valence-corrected chi connectivity index (χ4v) is 7.81. The third-order valence-corrected chi connectivity index (χ3v) is 10.4. The summed E-state index contributed by atoms with van der Waals surface area (Å²) >= 11 is 0. The largest absolute Gasteiger partial charge is 0.340 e. The highest BCUT2D eigenvalue weighted by atomic mass is 16.1. The highest BCUT2D eigenvalue weighted by molar-refractivity contribution is 6.11. The molecule has 1 saturated carbocycles. The molecule has 1 aliphatic rings. The number of quaternary nitrogens is 2. The Balaban J connectivity index is 1.04. The van der Waals surface area contributed by atoms with E-state index in [1.165, 1.54) is 43.6 Å². The van der Waals surface area contributed by atoms with Crippen molar-refractivity contribution >= 4 is 61.5 Å². The molecule has 266 valence electrons. The van der Waals surface area contributed by atoms with Crippen LogP contribution < -0.4 is 0 Å². The van der Waals surface area contributed by atoms with Gasteiger partial charge in [0.2, 0.25) is 0 Å². The van der Waals surface area contributed by atoms with Crippen LogP contribution in [-0.2, 0) is 17.9 Å². The fraction of sp³-hybridized carbons (Fsp3) is 0.298. The Morgan fingerprint density at radius 1 is 0.538 bits per heavy atom. The van der Waals surface area contributed by atoms with Crippen LogP contribution >= 0.6 is 0 Å². The van der Waals surface area contributed by atoms with Crippen molar-refractivity contribution in [3.63, 3.8) is 0 Å². The van der Waals surface area contributed by atoms with Gasteiger partial charge in [0.15, 0.2) is 5.78 Å². The van der Waals surface area contributed by atoms with Gasteiger partial charge in [0, 0.05) is 80.7 Å². The number of allylic oxidation sites excluding steroid dienone is 6. The number of benzene rings is 4. The Kier molecular flexibility index (Phi) is 9.93. The van der Waals surface area contributed by atoms with Gasteiger partial charge in [-0.2, -0.15) is 0 Å². The Labute approximate surface area is 309 Å². The molecule has 1 fully saturated rings. The number of fused-ring (bicyclic) bond motifs is 6. The molecular weight excluding hydrogens is 637 g/mol. The standard InChI is InChI=1S/C47H54N4O/c1-50(2,3)31-13-29-48-43-21-9-7-19-39(43)41-33-35(23-27-45(41)48)15-11-17-37-25-26-38(47(37)52)18-12-16-36-24-28-46-42(34-36)40-20-8-10-22-44(40)49(46)30-14-32-51(4,5)6/h7-12,15-24,27-28,33-34H,13-14,25-26,29-32H2,1-6H3/q+2. The average molecular weight is 691 g/mol. The van der Waals surface area contributed by atoms with E-state index < -0.39 is 0 Å². The summed E-state index contributed by atoms with van der Waals surface area (Å²) in [5.41, 5.74) is 9.20. The number of aryl methyl sites for hydroxylation is 2. The summed E-state index contributed by atoms with van der Waals surface area (Å²) in [7, 11) is 13.5. The van der Waals surface area contributed by atoms with Gasteiger partial charge in [-0.3, -0.25) is 4.79 Å². The Morgan fingerprint density at radius 3 is 1.37 bits per heavy atom. The average Bonchev–Trinajstić information content (AvgIpc) is 3.73. The molecule has 0 radical (unpaired) electrons. The van der Waals surface area contributed by atoms with Gasteiger partial charge in [0.1, 0.15) is 0 Å². The number of carbonyl (C=O) groups is 1. The zero-order chi connectivity index (χ0) is 36.5. The van der Waals surface area contributed by atoms with Crippen LogP contribution in [0.15, 0.2) is 120 Å². The van der Waals surface area contributed by atoms with Crippen LogP contribution in [0.5, 0.6) is 0 Å². The van der Waals surface area contributed by atoms with Gasteiger partial charge in [-0.1, -0.05) is 85.0 Å². The smallest absolute Gasteiger partial charge is 0.185 e. The monoisotopic (exact) mass is 690 g/mol. The number of rotatable bonds is 12. The van der Waals surface area contributed by atoms with Crippen LogP contribution in [0.4, 0.5) is 0 Å². The molecule has 0 aliphatic heterocycles. The van der Waals surface area contributed by atoms with Crippen molar-refractivity contribution in [1.82, 2.24) is 9.13 Å². The van der Waals surface area contributed by atoms with E-state index in [4.69, 9.17) is 0 Å². The highest BCUT2D eigenvalue weighted by Crippen LogP contribution is 2.32. The number of hydrogen-bond acceptors (Lipinski definition) is 1. The zero-order valence-electron chi connectivity index (χ0n) is 31.9. The van der Waals surface area contributed by atoms with Gasteiger partial charge >= 0.3 is 0 Å². The van der Waals surface area contributed by atoms with Gasteiger partial charge < -0.3 is 18.1 Å². The first-order chi connectivity index (χ1) is 24.9. The minimum absolute atomic E-state index is 0.161. The van der Waals surface area contributed by atoms with E-state index in [0.29, 0.717) is 0 Å². The molecular formula is C47H54N4O+2. The Bertz CT molecular complexity index is 2230. The molecule has 0 atom stereocenters. The molecule has 0 amide bonds. The van der Waals surface area contributed by atoms with Gasteiger partial charge in [-0.05, 0) is 60.4 Å². The van der Waals surface area contributed by atoms with E-state index in [-0.39, 0.29) is 5.78 Å². The van der Waals surface area contributed by atoms with Crippen molar-refractivity contribution in [2.45, 2.75) is 38.8 Å². The molecule has 0 spiro atoms. The third kappa shape index (κ3) is 7.77. The number of nitrogens with zero attached hydrogens (tertiary/aromatic N) is 4. The van der Waals surface area contributed by atoms with Crippen LogP contribution in [0, 0.1) is 0 Å². The van der Waals surface area contributed by atoms with Crippen molar-refractivity contribution in [3.05, 3.63) is 132 Å². The van der Waals surface area contributed by atoms with Crippen molar-refractivity contribution < 1.29 is 13.8 Å². The summed E-state index contributed by atoms with van der Waals surface area (Å²) in [4.78, 5) is 13.3. The van der Waals surface area contributed by atoms with E-state index >= 15 is 0 Å². The molecule has 0 saturated heterocycles. The first-order valence-electron chi connectivity index (χ1n) is 18.9. The van der Waals surface area contributed by atoms with E-state index in [0.717, 1.165) is 83.1 Å². The van der Waals surface area contributed by atoms with E-state index in [1.54, 1.807) is 0 Å². The van der Waals surface area contributed by atoms with Crippen LogP contribution in [0.3, 0.4) is 0 Å². The van der Waals surface area contributed by atoms with Crippen molar-refractivity contribution in [1.29, 1.82) is 0 Å². The van der Waals surface area contributed by atoms with Crippen molar-refractivity contribution in [2.24, 2.45) is 0 Å². The van der Waals surface area contributed by atoms with Crippen molar-refractivity contribution in [3.8, 4) is 0 Å². The lowest BCUT2D eigenvalue weighted by Crippen LogP contribution is -2.35. The van der Waals surface area contributed by atoms with Gasteiger partial charge in [0.05, 0.1) is 55.4 Å². The molecule has 0 N–H and O–H groups in total. The van der Waals surface area contributed by atoms with Crippen LogP contribution in [0.2, 0.25) is 0 Å². The second kappa shape index (κ2) is 14.6. The zero-order valence-corrected chi connectivity index (χ0v) is 31.9. The topological polar surface area (TPSA) is 26.9 Å². The molecule has 6 aromatic rings. The molecule has 52 heavy (non-hydrogen) atoms. The quantitative estimate of drug-likeness (QED) is 0.0928. The number of ketones is 1. The molecule has 5 nitrogen and oxygen atoms in total. The highest BCUT2D eigenvalue weighted by Gasteiger charge is 2.22. The molecule has 7 rings (SSSR count). The summed E-state index contributed by atoms with van der Waals surface area (Å²) in [5.74, 6) is 0.161. The molecule has 4 aromatic carbocycles. The summed E-state index contributed by atoms with van der Waals surface area (Å²) in [6.07, 6.45) is 16.2. The fourth-order valence-electron chi connectivity index (χ4n) is 7.81. The van der Waals surface area contributed by atoms with Gasteiger partial charge in [0.25, 0.3) is 0 Å². The number of para-hydroxylation sites is 2. The van der Waals surface area contributed by atoms with Crippen LogP contribution in [0.1, 0.15) is 36.8 Å². The summed E-state index contributed by atoms with van der Waals surface area (Å²) < 4.78 is 6.89. The maximum atomic E-state index is 13.3. The third-order valence-electron chi connectivity index (χ3n) is 10.4. The summed E-state index contributed by atoms with van der Waals surface area (Å²) in [6, 6.07) is 30.9. The van der Waals surface area contributed by atoms with E-state index in [9.17, 15) is 4.79 Å². The lowest BCUT2D eigenvalue weighted by atomic mass is 10.1. The van der Waals surface area contributed by atoms with E-state index in [2.05, 4.69) is 149 Å². The molecule has 5 heteroatoms. The van der Waals surface area contributed by atoms with Crippen molar-refractivity contribution in [2.75, 3.05) is 55.4 Å². The van der Waals surface area contributed by atoms with E-state index in [1.807, 2.05) is 24.3 Å². The van der Waals surface area contributed by atoms with Crippen LogP contribution in [-0.4, -0.2) is 79.3 Å². The first kappa shape index (κ1) is 35.4. The minimum atomic E-state index is 0.161. The lowest BCUT2D eigenvalue weighted by Gasteiger charge is -2.24. The maximum absolute atomic E-state index is 13.3. The second-order valence-electron chi connectivity index (χ2n) is 16.6. The molecule has 0 bridgehead atoms. The number of aromatic nitrogens is 2. The first-order valence-corrected chi connectivity index (χ1v) is 18.9. The van der Waals surface area contributed by atoms with Gasteiger partial charge in [-0.25, -0.2) is 0 Å². The molecule has 0 unspecified atom stereocenters. The molecule has 2 heterocycles. The minimum Gasteiger partial charge on any atom is -0.340 e. The number of carbonyl (C=O) groups excluding carboxylic acids is 1. The predicted molar refractivity (Wildman–Crippen MR) is 222 cm³/mol. The number of hydrogen-bond donors (Lipinski definition) is 0. The normalized spacial score (nSPS) is 16.2. The lowest BCUT2D eigenvalue weighted by molar-refractivity contribution is -0.870. The molecule has 1 aliphatic carbocycles. The summed E-state index contributed by atoms with van der Waals surface area (Å²) in [5, 5.41) is 5.15. The second-order valence-corrected chi connectivity index (χ2v) is 16.6. The van der Waals surface area contributed by atoms with Gasteiger partial charge in [-0.15, -0.1) is 0 Å². The summed E-state index contributed by atoms with van der Waals surface area (Å²) in [6.45, 7) is 4.28. The predicted octanol–water partition coefficient (Wildman–Crippen LogP) is 10.0. The Morgan fingerprint density at radius 2 is 0.942 bits per heavy atom. The van der Waals surface area contributed by atoms with Crippen LogP contribution in [0.25, 0.3) is 55.8 Å². The Hall–Kier alpha value is -4.97. The molecule has 2 aromatic heterocycles. The SMILES string of the molecule is C[N+](C)(C)CCCn1c2ccccc2c2cc(C=CC=C3CCC(=CC=Cc4ccc5c(c4)c4ccccc4n5CCC[N+](C)(C)C)C3=O)ccc21. The maximum Gasteiger partial charge on any atom is 0.185 e. The number of Topliss-reactive ketones (excluding diaryl/α,β-unsaturated/α-hetero) is 1.